The van der Waals surface area contributed by atoms with Gasteiger partial charge < -0.3 is 18.5 Å². The van der Waals surface area contributed by atoms with Crippen LogP contribution in [0.4, 0.5) is 0 Å². The average molecular weight is 498 g/mol. The summed E-state index contributed by atoms with van der Waals surface area (Å²) in [6.07, 6.45) is 4.70. The van der Waals surface area contributed by atoms with Crippen molar-refractivity contribution >= 4 is 17.7 Å². The molecule has 2 aliphatic rings. The van der Waals surface area contributed by atoms with Crippen LogP contribution in [0, 0.1) is 0 Å². The molecule has 1 saturated heterocycles. The Morgan fingerprint density at radius 1 is 1.20 bits per heavy atom. The highest BCUT2D eigenvalue weighted by molar-refractivity contribution is 7.99. The second kappa shape index (κ2) is 10.8. The Labute approximate surface area is 209 Å². The molecule has 9 nitrogen and oxygen atoms in total. The molecule has 1 unspecified atom stereocenters. The van der Waals surface area contributed by atoms with Crippen molar-refractivity contribution in [2.45, 2.75) is 55.2 Å². The van der Waals surface area contributed by atoms with Crippen LogP contribution in [-0.2, 0) is 36.2 Å². The summed E-state index contributed by atoms with van der Waals surface area (Å²) in [5, 5.41) is 9.60. The first-order valence-electron chi connectivity index (χ1n) is 12.0. The first-order valence-corrected chi connectivity index (χ1v) is 12.8. The van der Waals surface area contributed by atoms with E-state index in [0.717, 1.165) is 72.8 Å². The number of carbonyl (C=O) groups excluding carboxylic acids is 1. The Balaban J connectivity index is 1.25. The highest BCUT2D eigenvalue weighted by Gasteiger charge is 2.29. The lowest BCUT2D eigenvalue weighted by atomic mass is 10.0. The summed E-state index contributed by atoms with van der Waals surface area (Å²) >= 11 is 1.46. The van der Waals surface area contributed by atoms with Gasteiger partial charge in [0.05, 0.1) is 13.7 Å². The third-order valence-corrected chi connectivity index (χ3v) is 7.51. The van der Waals surface area contributed by atoms with Gasteiger partial charge in [-0.15, -0.1) is 10.2 Å². The molecule has 5 rings (SSSR count). The molecule has 10 heteroatoms. The fourth-order valence-corrected chi connectivity index (χ4v) is 5.47. The van der Waals surface area contributed by atoms with E-state index in [9.17, 15) is 4.79 Å². The van der Waals surface area contributed by atoms with Crippen LogP contribution in [0.1, 0.15) is 36.1 Å². The number of piperidine rings is 1. The van der Waals surface area contributed by atoms with E-state index >= 15 is 0 Å². The van der Waals surface area contributed by atoms with Gasteiger partial charge in [0.1, 0.15) is 30.5 Å². The van der Waals surface area contributed by atoms with Gasteiger partial charge in [-0.05, 0) is 61.0 Å². The number of methoxy groups -OCH3 is 1. The molecule has 4 heterocycles. The number of furan rings is 1. The summed E-state index contributed by atoms with van der Waals surface area (Å²) in [6, 6.07) is 10.2. The van der Waals surface area contributed by atoms with Gasteiger partial charge in [0.25, 0.3) is 0 Å². The van der Waals surface area contributed by atoms with Gasteiger partial charge in [0.15, 0.2) is 10.2 Å². The van der Waals surface area contributed by atoms with E-state index in [4.69, 9.17) is 13.9 Å². The number of likely N-dealkylation sites (tertiary alicyclic amines) is 1. The monoisotopic (exact) mass is 497 g/mol. The maximum absolute atomic E-state index is 12.3. The number of esters is 1. The quantitative estimate of drug-likeness (QED) is 0.455. The number of benzene rings is 1. The molecule has 0 N–H and O–H groups in total. The minimum Gasteiger partial charge on any atom is -0.492 e. The molecular weight excluding hydrogens is 466 g/mol. The maximum Gasteiger partial charge on any atom is 0.323 e. The van der Waals surface area contributed by atoms with Crippen molar-refractivity contribution < 1.29 is 18.7 Å². The lowest BCUT2D eigenvalue weighted by Gasteiger charge is -2.33. The predicted molar refractivity (Wildman–Crippen MR) is 130 cm³/mol. The van der Waals surface area contributed by atoms with Crippen molar-refractivity contribution in [2.24, 2.45) is 7.05 Å². The van der Waals surface area contributed by atoms with Gasteiger partial charge in [0.2, 0.25) is 0 Å². The van der Waals surface area contributed by atoms with E-state index in [1.54, 1.807) is 6.33 Å². The van der Waals surface area contributed by atoms with Crippen molar-refractivity contribution in [3.63, 3.8) is 0 Å². The number of nitrogens with zero attached hydrogens (tertiary/aromatic N) is 5. The zero-order chi connectivity index (χ0) is 24.2. The van der Waals surface area contributed by atoms with Crippen LogP contribution in [0.2, 0.25) is 0 Å². The fourth-order valence-electron chi connectivity index (χ4n) is 4.73. The molecule has 1 aromatic carbocycles. The third kappa shape index (κ3) is 5.71. The van der Waals surface area contributed by atoms with Crippen LogP contribution >= 0.6 is 11.8 Å². The predicted octanol–water partition coefficient (Wildman–Crippen LogP) is 3.48. The number of aromatic nitrogens is 3. The molecule has 0 saturated carbocycles. The number of hydrogen-bond acceptors (Lipinski definition) is 9. The van der Waals surface area contributed by atoms with Crippen molar-refractivity contribution in [2.75, 3.05) is 26.8 Å². The molecule has 2 aliphatic heterocycles. The number of rotatable bonds is 7. The standard InChI is InChI=1S/C25H31N5O4S/c1-28-17-26-27-25(28)35-23-9-7-20(34-23)16-29-11-12-33-22-8-6-18(13-19(22)15-29)14-30-10-4-3-5-21(30)24(31)32-2/h6-9,13,17,21H,3-5,10-12,14-16H2,1-2H3. The smallest absolute Gasteiger partial charge is 0.323 e. The summed E-state index contributed by atoms with van der Waals surface area (Å²) in [5.41, 5.74) is 2.34. The van der Waals surface area contributed by atoms with Crippen LogP contribution in [0.3, 0.4) is 0 Å². The minimum absolute atomic E-state index is 0.135. The molecule has 1 fully saturated rings. The van der Waals surface area contributed by atoms with Gasteiger partial charge in [0, 0.05) is 32.2 Å². The van der Waals surface area contributed by atoms with E-state index in [-0.39, 0.29) is 12.0 Å². The van der Waals surface area contributed by atoms with Gasteiger partial charge in [-0.3, -0.25) is 14.6 Å². The molecule has 0 aliphatic carbocycles. The number of aryl methyl sites for hydroxylation is 1. The maximum atomic E-state index is 12.3. The summed E-state index contributed by atoms with van der Waals surface area (Å²) in [6.45, 7) is 4.55. The lowest BCUT2D eigenvalue weighted by Crippen LogP contribution is -2.44. The second-order valence-electron chi connectivity index (χ2n) is 9.05. The first kappa shape index (κ1) is 23.9. The minimum atomic E-state index is -0.159. The van der Waals surface area contributed by atoms with E-state index in [2.05, 4.69) is 38.2 Å². The van der Waals surface area contributed by atoms with Gasteiger partial charge in [-0.2, -0.15) is 0 Å². The molecule has 1 atom stereocenters. The molecule has 186 valence electrons. The van der Waals surface area contributed by atoms with Crippen LogP contribution in [0.15, 0.2) is 51.3 Å². The molecule has 3 aromatic rings. The summed E-state index contributed by atoms with van der Waals surface area (Å²) in [5.74, 6) is 1.70. The lowest BCUT2D eigenvalue weighted by molar-refractivity contribution is -0.148. The topological polar surface area (TPSA) is 85.9 Å². The van der Waals surface area contributed by atoms with Crippen LogP contribution in [-0.4, -0.2) is 63.4 Å². The fraction of sp³-hybridized carbons (Fsp3) is 0.480. The van der Waals surface area contributed by atoms with Gasteiger partial charge in [-0.1, -0.05) is 12.5 Å². The number of ether oxygens (including phenoxy) is 2. The zero-order valence-electron chi connectivity index (χ0n) is 20.2. The molecule has 0 radical (unpaired) electrons. The van der Waals surface area contributed by atoms with Crippen molar-refractivity contribution in [3.8, 4) is 5.75 Å². The summed E-state index contributed by atoms with van der Waals surface area (Å²) in [7, 11) is 3.38. The van der Waals surface area contributed by atoms with E-state index < -0.39 is 0 Å². The molecule has 0 spiro atoms. The first-order chi connectivity index (χ1) is 17.1. The van der Waals surface area contributed by atoms with Gasteiger partial charge >= 0.3 is 5.97 Å². The SMILES string of the molecule is COC(=O)C1CCCCN1Cc1ccc2c(c1)CN(Cc1ccc(Sc3nncn3C)o1)CCO2. The van der Waals surface area contributed by atoms with E-state index in [1.807, 2.05) is 23.7 Å². The summed E-state index contributed by atoms with van der Waals surface area (Å²) in [4.78, 5) is 16.8. The Morgan fingerprint density at radius 3 is 2.94 bits per heavy atom. The number of fused-ring (bicyclic) bond motifs is 1. The largest absolute Gasteiger partial charge is 0.492 e. The van der Waals surface area contributed by atoms with E-state index in [0.29, 0.717) is 13.2 Å². The van der Waals surface area contributed by atoms with E-state index in [1.165, 1.54) is 24.4 Å². The summed E-state index contributed by atoms with van der Waals surface area (Å²) < 4.78 is 19.0. The number of carbonyl (C=O) groups is 1. The molecule has 35 heavy (non-hydrogen) atoms. The molecule has 0 amide bonds. The Kier molecular flexibility index (Phi) is 7.40. The Hall–Kier alpha value is -2.82. The Bertz CT molecular complexity index is 1160. The molecular formula is C25H31N5O4S. The normalized spacial score (nSPS) is 19.1. The van der Waals surface area contributed by atoms with Crippen LogP contribution in [0.25, 0.3) is 0 Å². The third-order valence-electron chi connectivity index (χ3n) is 6.53. The highest BCUT2D eigenvalue weighted by Crippen LogP contribution is 2.30. The number of hydrogen-bond donors (Lipinski definition) is 0. The Morgan fingerprint density at radius 2 is 2.11 bits per heavy atom. The molecule has 0 bridgehead atoms. The highest BCUT2D eigenvalue weighted by atomic mass is 32.2. The average Bonchev–Trinajstić information content (AvgIpc) is 3.42. The van der Waals surface area contributed by atoms with Gasteiger partial charge in [-0.25, -0.2) is 0 Å². The molecule has 2 aromatic heterocycles. The van der Waals surface area contributed by atoms with Crippen molar-refractivity contribution in [1.29, 1.82) is 0 Å². The van der Waals surface area contributed by atoms with Crippen LogP contribution in [0.5, 0.6) is 5.75 Å². The van der Waals surface area contributed by atoms with Crippen molar-refractivity contribution in [1.82, 2.24) is 24.6 Å². The zero-order valence-corrected chi connectivity index (χ0v) is 21.0. The van der Waals surface area contributed by atoms with Crippen molar-refractivity contribution in [3.05, 3.63) is 53.5 Å². The van der Waals surface area contributed by atoms with Crippen LogP contribution < -0.4 is 4.74 Å². The second-order valence-corrected chi connectivity index (χ2v) is 10.0.